The molecule has 0 saturated heterocycles. The Bertz CT molecular complexity index is 932. The number of amides is 1. The Labute approximate surface area is 170 Å². The average Bonchev–Trinajstić information content (AvgIpc) is 3.43. The summed E-state index contributed by atoms with van der Waals surface area (Å²) in [5, 5.41) is 7.06. The number of aromatic nitrogens is 2. The molecule has 0 aliphatic heterocycles. The van der Waals surface area contributed by atoms with Crippen LogP contribution in [-0.4, -0.2) is 16.0 Å². The molecule has 0 spiro atoms. The summed E-state index contributed by atoms with van der Waals surface area (Å²) in [6.45, 7) is 1.96. The smallest absolute Gasteiger partial charge is 0.251 e. The van der Waals surface area contributed by atoms with E-state index < -0.39 is 0 Å². The van der Waals surface area contributed by atoms with Crippen LogP contribution in [-0.2, 0) is 6.61 Å². The molecule has 1 aliphatic carbocycles. The quantitative estimate of drug-likeness (QED) is 0.636. The largest absolute Gasteiger partial charge is 0.485 e. The van der Waals surface area contributed by atoms with Gasteiger partial charge in [0.25, 0.3) is 5.91 Å². The number of hydrogen-bond donors (Lipinski definition) is 1. The van der Waals surface area contributed by atoms with Crippen LogP contribution in [0.4, 0.5) is 0 Å². The normalized spacial score (nSPS) is 15.2. The standard InChI is InChI=1S/C23H25N3O3/c1-16-24-21(26-29-16)15-28-20-13-11-19(12-14-20)23(27)25-22(18-9-5-6-10-18)17-7-3-2-4-8-17/h2-4,7-8,11-14,18,22H,5-6,9-10,15H2,1H3,(H,25,27). The van der Waals surface area contributed by atoms with Gasteiger partial charge in [-0.1, -0.05) is 48.3 Å². The number of carbonyl (C=O) groups excluding carboxylic acids is 1. The summed E-state index contributed by atoms with van der Waals surface area (Å²) < 4.78 is 10.6. The Hall–Kier alpha value is -3.15. The minimum Gasteiger partial charge on any atom is -0.485 e. The van der Waals surface area contributed by atoms with E-state index in [1.54, 1.807) is 31.2 Å². The average molecular weight is 391 g/mol. The zero-order valence-corrected chi connectivity index (χ0v) is 16.5. The van der Waals surface area contributed by atoms with Crippen molar-refractivity contribution in [1.82, 2.24) is 15.5 Å². The molecule has 6 heteroatoms. The maximum absolute atomic E-state index is 12.9. The molecule has 1 unspecified atom stereocenters. The minimum absolute atomic E-state index is 0.0450. The maximum atomic E-state index is 12.9. The molecule has 1 aliphatic rings. The highest BCUT2D eigenvalue weighted by molar-refractivity contribution is 5.94. The summed E-state index contributed by atoms with van der Waals surface area (Å²) in [4.78, 5) is 17.0. The van der Waals surface area contributed by atoms with Crippen LogP contribution < -0.4 is 10.1 Å². The first-order valence-electron chi connectivity index (χ1n) is 10.1. The summed E-state index contributed by atoms with van der Waals surface area (Å²) >= 11 is 0. The van der Waals surface area contributed by atoms with Gasteiger partial charge in [-0.2, -0.15) is 4.98 Å². The number of carbonyl (C=O) groups is 1. The third kappa shape index (κ3) is 4.83. The highest BCUT2D eigenvalue weighted by Gasteiger charge is 2.27. The molecular weight excluding hydrogens is 366 g/mol. The van der Waals surface area contributed by atoms with E-state index in [4.69, 9.17) is 9.26 Å². The van der Waals surface area contributed by atoms with Gasteiger partial charge in [0.05, 0.1) is 6.04 Å². The Morgan fingerprint density at radius 3 is 2.52 bits per heavy atom. The fraction of sp³-hybridized carbons (Fsp3) is 0.348. The molecule has 29 heavy (non-hydrogen) atoms. The van der Waals surface area contributed by atoms with Crippen molar-refractivity contribution in [2.75, 3.05) is 0 Å². The molecule has 1 fully saturated rings. The van der Waals surface area contributed by atoms with Crippen molar-refractivity contribution in [2.24, 2.45) is 5.92 Å². The minimum atomic E-state index is -0.0638. The first-order chi connectivity index (χ1) is 14.2. The summed E-state index contributed by atoms with van der Waals surface area (Å²) in [5.74, 6) is 2.07. The SMILES string of the molecule is Cc1nc(COc2ccc(C(=O)NC(c3ccccc3)C3CCCC3)cc2)no1. The Balaban J connectivity index is 1.41. The molecule has 3 aromatic rings. The number of nitrogens with zero attached hydrogens (tertiary/aromatic N) is 2. The molecule has 1 N–H and O–H groups in total. The molecule has 0 radical (unpaired) electrons. The van der Waals surface area contributed by atoms with E-state index in [2.05, 4.69) is 27.6 Å². The number of aryl methyl sites for hydroxylation is 1. The number of nitrogens with one attached hydrogen (secondary N) is 1. The zero-order valence-electron chi connectivity index (χ0n) is 16.5. The van der Waals surface area contributed by atoms with Crippen LogP contribution in [0.25, 0.3) is 0 Å². The van der Waals surface area contributed by atoms with Gasteiger partial charge in [0.2, 0.25) is 11.7 Å². The molecule has 1 heterocycles. The molecule has 150 valence electrons. The van der Waals surface area contributed by atoms with Gasteiger partial charge in [-0.15, -0.1) is 0 Å². The van der Waals surface area contributed by atoms with Gasteiger partial charge in [-0.3, -0.25) is 4.79 Å². The molecule has 4 rings (SSSR count). The van der Waals surface area contributed by atoms with Crippen LogP contribution in [0.2, 0.25) is 0 Å². The van der Waals surface area contributed by atoms with Crippen molar-refractivity contribution in [3.05, 3.63) is 77.4 Å². The third-order valence-corrected chi connectivity index (χ3v) is 5.37. The molecule has 1 amide bonds. The lowest BCUT2D eigenvalue weighted by Crippen LogP contribution is -2.32. The van der Waals surface area contributed by atoms with E-state index in [-0.39, 0.29) is 18.6 Å². The van der Waals surface area contributed by atoms with Crippen LogP contribution >= 0.6 is 0 Å². The lowest BCUT2D eigenvalue weighted by Gasteiger charge is -2.25. The van der Waals surface area contributed by atoms with Crippen LogP contribution in [0.3, 0.4) is 0 Å². The Morgan fingerprint density at radius 1 is 1.14 bits per heavy atom. The maximum Gasteiger partial charge on any atom is 0.251 e. The molecular formula is C23H25N3O3. The van der Waals surface area contributed by atoms with Gasteiger partial charge in [-0.05, 0) is 48.6 Å². The second-order valence-electron chi connectivity index (χ2n) is 7.45. The van der Waals surface area contributed by atoms with Crippen LogP contribution in [0.15, 0.2) is 59.1 Å². The molecule has 1 atom stereocenters. The fourth-order valence-electron chi connectivity index (χ4n) is 3.90. The summed E-state index contributed by atoms with van der Waals surface area (Å²) in [6.07, 6.45) is 4.77. The van der Waals surface area contributed by atoms with E-state index in [0.29, 0.717) is 28.9 Å². The molecule has 0 bridgehead atoms. The molecule has 1 saturated carbocycles. The number of rotatable bonds is 7. The molecule has 6 nitrogen and oxygen atoms in total. The Morgan fingerprint density at radius 2 is 1.86 bits per heavy atom. The summed E-state index contributed by atoms with van der Waals surface area (Å²) in [5.41, 5.74) is 1.79. The molecule has 2 aromatic carbocycles. The Kier molecular flexibility index (Phi) is 5.89. The van der Waals surface area contributed by atoms with Crippen LogP contribution in [0.1, 0.15) is 59.4 Å². The van der Waals surface area contributed by atoms with E-state index in [9.17, 15) is 4.79 Å². The first-order valence-corrected chi connectivity index (χ1v) is 10.1. The summed E-state index contributed by atoms with van der Waals surface area (Å²) in [7, 11) is 0. The van der Waals surface area contributed by atoms with E-state index in [1.165, 1.54) is 18.4 Å². The van der Waals surface area contributed by atoms with Crippen molar-refractivity contribution in [1.29, 1.82) is 0 Å². The highest BCUT2D eigenvalue weighted by atomic mass is 16.5. The monoisotopic (exact) mass is 391 g/mol. The third-order valence-electron chi connectivity index (χ3n) is 5.37. The van der Waals surface area contributed by atoms with Crippen molar-refractivity contribution < 1.29 is 14.1 Å². The van der Waals surface area contributed by atoms with E-state index >= 15 is 0 Å². The number of benzene rings is 2. The lowest BCUT2D eigenvalue weighted by molar-refractivity contribution is 0.0921. The van der Waals surface area contributed by atoms with Gasteiger partial charge in [-0.25, -0.2) is 0 Å². The summed E-state index contributed by atoms with van der Waals surface area (Å²) in [6, 6.07) is 17.4. The van der Waals surface area contributed by atoms with Crippen molar-refractivity contribution in [3.63, 3.8) is 0 Å². The van der Waals surface area contributed by atoms with Gasteiger partial charge < -0.3 is 14.6 Å². The van der Waals surface area contributed by atoms with Gasteiger partial charge in [0, 0.05) is 12.5 Å². The lowest BCUT2D eigenvalue weighted by atomic mass is 9.91. The molecule has 1 aromatic heterocycles. The van der Waals surface area contributed by atoms with E-state index in [1.807, 2.05) is 18.2 Å². The predicted octanol–water partition coefficient (Wildman–Crippen LogP) is 4.62. The van der Waals surface area contributed by atoms with Crippen molar-refractivity contribution >= 4 is 5.91 Å². The topological polar surface area (TPSA) is 77.2 Å². The second kappa shape index (κ2) is 8.90. The van der Waals surface area contributed by atoms with Crippen molar-refractivity contribution in [2.45, 2.75) is 45.3 Å². The van der Waals surface area contributed by atoms with Crippen LogP contribution in [0.5, 0.6) is 5.75 Å². The zero-order chi connectivity index (χ0) is 20.1. The second-order valence-corrected chi connectivity index (χ2v) is 7.45. The van der Waals surface area contributed by atoms with Gasteiger partial charge in [0.1, 0.15) is 5.75 Å². The van der Waals surface area contributed by atoms with Gasteiger partial charge >= 0.3 is 0 Å². The fourth-order valence-corrected chi connectivity index (χ4v) is 3.90. The van der Waals surface area contributed by atoms with Crippen molar-refractivity contribution in [3.8, 4) is 5.75 Å². The van der Waals surface area contributed by atoms with E-state index in [0.717, 1.165) is 12.8 Å². The number of hydrogen-bond acceptors (Lipinski definition) is 5. The first kappa shape index (κ1) is 19.2. The number of ether oxygens (including phenoxy) is 1. The van der Waals surface area contributed by atoms with Crippen LogP contribution in [0, 0.1) is 12.8 Å². The predicted molar refractivity (Wildman–Crippen MR) is 108 cm³/mol. The highest BCUT2D eigenvalue weighted by Crippen LogP contribution is 2.35. The van der Waals surface area contributed by atoms with Gasteiger partial charge in [0.15, 0.2) is 6.61 Å².